The fourth-order valence-corrected chi connectivity index (χ4v) is 5.40. The van der Waals surface area contributed by atoms with Crippen molar-refractivity contribution in [3.8, 4) is 17.2 Å². The van der Waals surface area contributed by atoms with Gasteiger partial charge in [0.15, 0.2) is 16.6 Å². The number of thiazole rings is 1. The van der Waals surface area contributed by atoms with Crippen LogP contribution in [0.2, 0.25) is 0 Å². The average Bonchev–Trinajstić information content (AvgIpc) is 3.25. The van der Waals surface area contributed by atoms with Crippen molar-refractivity contribution in [2.75, 3.05) is 30.4 Å². The third-order valence-electron chi connectivity index (χ3n) is 5.06. The molecule has 3 aromatic carbocycles. The van der Waals surface area contributed by atoms with Gasteiger partial charge in [-0.05, 0) is 42.5 Å². The molecule has 11 heteroatoms. The number of rotatable bonds is 6. The second kappa shape index (κ2) is 8.84. The van der Waals surface area contributed by atoms with Crippen molar-refractivity contribution in [2.24, 2.45) is 0 Å². The van der Waals surface area contributed by atoms with Crippen LogP contribution in [0.3, 0.4) is 0 Å². The van der Waals surface area contributed by atoms with Gasteiger partial charge in [0.1, 0.15) is 19.0 Å². The highest BCUT2D eigenvalue weighted by Crippen LogP contribution is 2.33. The monoisotopic (exact) mass is 497 g/mol. The molecule has 0 radical (unpaired) electrons. The Morgan fingerprint density at radius 3 is 2.65 bits per heavy atom. The minimum atomic E-state index is -4.00. The fourth-order valence-electron chi connectivity index (χ4n) is 3.41. The number of anilines is 2. The summed E-state index contributed by atoms with van der Waals surface area (Å²) in [7, 11) is -2.42. The zero-order valence-electron chi connectivity index (χ0n) is 17.9. The van der Waals surface area contributed by atoms with Gasteiger partial charge in [0, 0.05) is 6.07 Å². The van der Waals surface area contributed by atoms with Crippen molar-refractivity contribution in [2.45, 2.75) is 4.90 Å². The number of nitrogens with one attached hydrogen (secondary N) is 2. The van der Waals surface area contributed by atoms with E-state index in [1.165, 1.54) is 35.6 Å². The molecule has 2 heterocycles. The van der Waals surface area contributed by atoms with Gasteiger partial charge >= 0.3 is 0 Å². The second-order valence-corrected chi connectivity index (χ2v) is 9.98. The predicted molar refractivity (Wildman–Crippen MR) is 129 cm³/mol. The number of fused-ring (bicyclic) bond motifs is 2. The van der Waals surface area contributed by atoms with E-state index in [4.69, 9.17) is 14.2 Å². The van der Waals surface area contributed by atoms with Crippen molar-refractivity contribution < 1.29 is 27.4 Å². The number of sulfonamides is 1. The minimum Gasteiger partial charge on any atom is -0.497 e. The third kappa shape index (κ3) is 4.35. The smallest absolute Gasteiger partial charge is 0.262 e. The van der Waals surface area contributed by atoms with Gasteiger partial charge in [-0.3, -0.25) is 14.8 Å². The highest BCUT2D eigenvalue weighted by molar-refractivity contribution is 7.92. The first-order chi connectivity index (χ1) is 16.4. The van der Waals surface area contributed by atoms with Crippen LogP contribution in [0, 0.1) is 0 Å². The van der Waals surface area contributed by atoms with E-state index >= 15 is 0 Å². The molecule has 0 spiro atoms. The van der Waals surface area contributed by atoms with Gasteiger partial charge in [-0.15, -0.1) is 0 Å². The third-order valence-corrected chi connectivity index (χ3v) is 7.35. The summed E-state index contributed by atoms with van der Waals surface area (Å²) in [5.74, 6) is 1.03. The van der Waals surface area contributed by atoms with Crippen molar-refractivity contribution in [3.05, 3.63) is 66.2 Å². The maximum Gasteiger partial charge on any atom is 0.262 e. The normalized spacial score (nSPS) is 12.9. The molecular formula is C23H19N3O6S2. The first-order valence-corrected chi connectivity index (χ1v) is 12.5. The van der Waals surface area contributed by atoms with E-state index in [0.29, 0.717) is 41.1 Å². The fraction of sp³-hybridized carbons (Fsp3) is 0.130. The average molecular weight is 498 g/mol. The Hall–Kier alpha value is -3.83. The molecule has 0 bridgehead atoms. The van der Waals surface area contributed by atoms with Crippen molar-refractivity contribution >= 4 is 48.3 Å². The number of carbonyl (C=O) groups is 1. The molecule has 1 amide bonds. The molecule has 0 unspecified atom stereocenters. The SMILES string of the molecule is COc1ccc2nc(NC(=O)c3ccccc3NS(=O)(=O)c3ccc4c(c3)OCCO4)sc2c1. The van der Waals surface area contributed by atoms with Crippen LogP contribution >= 0.6 is 11.3 Å². The van der Waals surface area contributed by atoms with Gasteiger partial charge in [0.2, 0.25) is 0 Å². The molecule has 2 N–H and O–H groups in total. The van der Waals surface area contributed by atoms with E-state index in [9.17, 15) is 13.2 Å². The van der Waals surface area contributed by atoms with Crippen LogP contribution in [-0.4, -0.2) is 39.6 Å². The number of para-hydroxylation sites is 1. The Labute approximate surface area is 199 Å². The lowest BCUT2D eigenvalue weighted by Gasteiger charge is -2.19. The first kappa shape index (κ1) is 22.0. The Balaban J connectivity index is 1.39. The van der Waals surface area contributed by atoms with Crippen molar-refractivity contribution in [3.63, 3.8) is 0 Å². The van der Waals surface area contributed by atoms with Crippen LogP contribution in [0.15, 0.2) is 65.6 Å². The molecule has 1 aliphatic heterocycles. The number of amides is 1. The summed E-state index contributed by atoms with van der Waals surface area (Å²) in [5, 5.41) is 3.14. The van der Waals surface area contributed by atoms with Gasteiger partial charge < -0.3 is 14.2 Å². The van der Waals surface area contributed by atoms with Crippen molar-refractivity contribution in [1.29, 1.82) is 0 Å². The number of ether oxygens (including phenoxy) is 3. The van der Waals surface area contributed by atoms with E-state index < -0.39 is 15.9 Å². The largest absolute Gasteiger partial charge is 0.497 e. The van der Waals surface area contributed by atoms with E-state index in [-0.39, 0.29) is 16.1 Å². The summed E-state index contributed by atoms with van der Waals surface area (Å²) in [5.41, 5.74) is 1.01. The molecule has 5 rings (SSSR count). The summed E-state index contributed by atoms with van der Waals surface area (Å²) in [4.78, 5) is 17.4. The number of carbonyl (C=O) groups excluding carboxylic acids is 1. The molecular weight excluding hydrogens is 478 g/mol. The summed E-state index contributed by atoms with van der Waals surface area (Å²) < 4.78 is 45.6. The van der Waals surface area contributed by atoms with Gasteiger partial charge in [-0.25, -0.2) is 13.4 Å². The van der Waals surface area contributed by atoms with Crippen LogP contribution in [0.5, 0.6) is 17.2 Å². The lowest BCUT2D eigenvalue weighted by Crippen LogP contribution is -2.19. The molecule has 0 saturated carbocycles. The quantitative estimate of drug-likeness (QED) is 0.411. The lowest BCUT2D eigenvalue weighted by atomic mass is 10.2. The summed E-state index contributed by atoms with van der Waals surface area (Å²) >= 11 is 1.29. The summed E-state index contributed by atoms with van der Waals surface area (Å²) in [6.07, 6.45) is 0. The first-order valence-electron chi connectivity index (χ1n) is 10.2. The molecule has 0 aliphatic carbocycles. The number of methoxy groups -OCH3 is 1. The Bertz CT molecular complexity index is 1500. The van der Waals surface area contributed by atoms with Crippen LogP contribution in [0.4, 0.5) is 10.8 Å². The van der Waals surface area contributed by atoms with Gasteiger partial charge in [0.05, 0.1) is 33.5 Å². The zero-order chi connectivity index (χ0) is 23.7. The predicted octanol–water partition coefficient (Wildman–Crippen LogP) is 4.13. The standard InChI is InChI=1S/C23H19N3O6S2/c1-30-14-6-8-18-21(12-14)33-23(24-18)25-22(27)16-4-2-3-5-17(16)26-34(28,29)15-7-9-19-20(13-15)32-11-10-31-19/h2-9,12-13,26H,10-11H2,1H3,(H,24,25,27). The Morgan fingerprint density at radius 1 is 1.03 bits per heavy atom. The van der Waals surface area contributed by atoms with Crippen LogP contribution in [0.25, 0.3) is 10.2 Å². The molecule has 9 nitrogen and oxygen atoms in total. The molecule has 4 aromatic rings. The molecule has 174 valence electrons. The number of hydrogen-bond donors (Lipinski definition) is 2. The zero-order valence-corrected chi connectivity index (χ0v) is 19.5. The molecule has 1 aromatic heterocycles. The highest BCUT2D eigenvalue weighted by atomic mass is 32.2. The van der Waals surface area contributed by atoms with E-state index in [1.54, 1.807) is 37.4 Å². The van der Waals surface area contributed by atoms with Gasteiger partial charge in [0.25, 0.3) is 15.9 Å². The number of nitrogens with zero attached hydrogens (tertiary/aromatic N) is 1. The highest BCUT2D eigenvalue weighted by Gasteiger charge is 2.22. The topological polar surface area (TPSA) is 116 Å². The summed E-state index contributed by atoms with van der Waals surface area (Å²) in [6, 6.07) is 16.1. The van der Waals surface area contributed by atoms with E-state index in [2.05, 4.69) is 15.0 Å². The van der Waals surface area contributed by atoms with Crippen LogP contribution in [0.1, 0.15) is 10.4 Å². The Morgan fingerprint density at radius 2 is 1.82 bits per heavy atom. The molecule has 1 aliphatic rings. The molecule has 0 atom stereocenters. The van der Waals surface area contributed by atoms with Crippen molar-refractivity contribution in [1.82, 2.24) is 4.98 Å². The minimum absolute atomic E-state index is 0.00733. The van der Waals surface area contributed by atoms with Gasteiger partial charge in [-0.1, -0.05) is 23.5 Å². The number of hydrogen-bond acceptors (Lipinski definition) is 8. The second-order valence-electron chi connectivity index (χ2n) is 7.26. The van der Waals surface area contributed by atoms with Gasteiger partial charge in [-0.2, -0.15) is 0 Å². The maximum absolute atomic E-state index is 13.0. The molecule has 0 fully saturated rings. The number of benzene rings is 3. The van der Waals surface area contributed by atoms with Crippen LogP contribution < -0.4 is 24.2 Å². The molecule has 0 saturated heterocycles. The van der Waals surface area contributed by atoms with E-state index in [0.717, 1.165) is 4.70 Å². The number of aromatic nitrogens is 1. The van der Waals surface area contributed by atoms with Crippen LogP contribution in [-0.2, 0) is 10.0 Å². The maximum atomic E-state index is 13.0. The Kier molecular flexibility index (Phi) is 5.72. The lowest BCUT2D eigenvalue weighted by molar-refractivity contribution is 0.102. The van der Waals surface area contributed by atoms with E-state index in [1.807, 2.05) is 6.07 Å². The summed E-state index contributed by atoms with van der Waals surface area (Å²) in [6.45, 7) is 0.744. The molecule has 34 heavy (non-hydrogen) atoms.